The summed E-state index contributed by atoms with van der Waals surface area (Å²) in [7, 11) is 0. The number of ether oxygens (including phenoxy) is 1. The molecule has 0 amide bonds. The standard InChI is InChI=1S/C33H43F5O5/c1-31(24-14-16-25(39)17-15-24)22-43-29-21-26(40)18-19-27(29)28(31)13-9-7-5-3-2-4-6-8-11-23(30(41)42)12-10-20-32(34,35)33(36,37)38/h14-19,21,23,28,39-40H,2-13,20,22H2,1H3,(H,41,42). The first-order valence-electron chi connectivity index (χ1n) is 15.2. The number of carbonyl (C=O) groups is 1. The number of phenols is 2. The molecule has 0 fully saturated rings. The first-order chi connectivity index (χ1) is 20.2. The Morgan fingerprint density at radius 3 is 2.02 bits per heavy atom. The minimum absolute atomic E-state index is 0.162. The number of hydrogen-bond donors (Lipinski definition) is 3. The van der Waals surface area contributed by atoms with E-state index in [1.54, 1.807) is 24.3 Å². The molecule has 0 saturated carbocycles. The van der Waals surface area contributed by atoms with Crippen molar-refractivity contribution in [2.45, 2.75) is 114 Å². The Hall–Kier alpha value is -3.04. The highest BCUT2D eigenvalue weighted by Crippen LogP contribution is 2.50. The zero-order chi connectivity index (χ0) is 31.7. The van der Waals surface area contributed by atoms with Gasteiger partial charge in [-0.15, -0.1) is 0 Å². The van der Waals surface area contributed by atoms with E-state index in [1.165, 1.54) is 0 Å². The Morgan fingerprint density at radius 2 is 1.42 bits per heavy atom. The topological polar surface area (TPSA) is 87.0 Å². The van der Waals surface area contributed by atoms with Crippen LogP contribution in [-0.4, -0.2) is 40.0 Å². The molecular formula is C33H43F5O5. The highest BCUT2D eigenvalue weighted by atomic mass is 19.4. The third-order valence-electron chi connectivity index (χ3n) is 8.80. The second-order valence-electron chi connectivity index (χ2n) is 12.1. The fourth-order valence-corrected chi connectivity index (χ4v) is 6.11. The van der Waals surface area contributed by atoms with Crippen LogP contribution in [0.5, 0.6) is 17.2 Å². The molecule has 240 valence electrons. The smallest absolute Gasteiger partial charge is 0.453 e. The summed E-state index contributed by atoms with van der Waals surface area (Å²) < 4.78 is 69.1. The molecule has 3 atom stereocenters. The van der Waals surface area contributed by atoms with Gasteiger partial charge in [-0.1, -0.05) is 76.5 Å². The molecule has 0 aromatic heterocycles. The van der Waals surface area contributed by atoms with Crippen molar-refractivity contribution in [3.8, 4) is 17.2 Å². The lowest BCUT2D eigenvalue weighted by Gasteiger charge is -2.43. The largest absolute Gasteiger partial charge is 0.508 e. The second kappa shape index (κ2) is 15.1. The molecule has 0 saturated heterocycles. The average molecular weight is 615 g/mol. The zero-order valence-electron chi connectivity index (χ0n) is 24.6. The van der Waals surface area contributed by atoms with Gasteiger partial charge in [0.25, 0.3) is 0 Å². The van der Waals surface area contributed by atoms with E-state index in [9.17, 15) is 42.1 Å². The summed E-state index contributed by atoms with van der Waals surface area (Å²) in [6.07, 6.45) is 0.949. The molecule has 1 heterocycles. The Balaban J connectivity index is 1.38. The molecule has 1 aliphatic heterocycles. The number of unbranched alkanes of at least 4 members (excludes halogenated alkanes) is 7. The number of phenolic OH excluding ortho intramolecular Hbond substituents is 2. The van der Waals surface area contributed by atoms with Crippen LogP contribution in [0.2, 0.25) is 0 Å². The quantitative estimate of drug-likeness (QED) is 0.122. The number of alkyl halides is 5. The SMILES string of the molecule is CC1(c2ccc(O)cc2)COc2cc(O)ccc2C1CCCCCCCCCCC(CCCC(F)(F)C(F)(F)F)C(=O)O. The van der Waals surface area contributed by atoms with Crippen molar-refractivity contribution in [2.24, 2.45) is 5.92 Å². The van der Waals surface area contributed by atoms with Gasteiger partial charge in [0.15, 0.2) is 0 Å². The Kier molecular flexibility index (Phi) is 12.1. The fourth-order valence-electron chi connectivity index (χ4n) is 6.11. The summed E-state index contributed by atoms with van der Waals surface area (Å²) in [5.74, 6) is -5.61. The molecule has 2 aromatic rings. The van der Waals surface area contributed by atoms with Crippen molar-refractivity contribution in [1.82, 2.24) is 0 Å². The maximum absolute atomic E-state index is 13.1. The zero-order valence-corrected chi connectivity index (χ0v) is 24.6. The van der Waals surface area contributed by atoms with Gasteiger partial charge in [-0.05, 0) is 55.0 Å². The van der Waals surface area contributed by atoms with Crippen LogP contribution < -0.4 is 4.74 Å². The molecule has 0 radical (unpaired) electrons. The number of aliphatic carboxylic acids is 1. The lowest BCUT2D eigenvalue weighted by molar-refractivity contribution is -0.284. The summed E-state index contributed by atoms with van der Waals surface area (Å²) in [5, 5.41) is 29.0. The molecule has 0 aliphatic carbocycles. The minimum atomic E-state index is -5.61. The van der Waals surface area contributed by atoms with Crippen LogP contribution >= 0.6 is 0 Å². The van der Waals surface area contributed by atoms with Gasteiger partial charge in [0.05, 0.1) is 12.5 Å². The lowest BCUT2D eigenvalue weighted by Crippen LogP contribution is -2.40. The molecule has 10 heteroatoms. The summed E-state index contributed by atoms with van der Waals surface area (Å²) in [6.45, 7) is 2.63. The number of fused-ring (bicyclic) bond motifs is 1. The molecule has 3 N–H and O–H groups in total. The highest BCUT2D eigenvalue weighted by Gasteiger charge is 2.56. The summed E-state index contributed by atoms with van der Waals surface area (Å²) in [5.41, 5.74) is 1.84. The number of carboxylic acid groups (broad SMARTS) is 1. The Morgan fingerprint density at radius 1 is 0.860 bits per heavy atom. The van der Waals surface area contributed by atoms with Crippen molar-refractivity contribution in [3.63, 3.8) is 0 Å². The normalized spacial score (nSPS) is 19.4. The van der Waals surface area contributed by atoms with Gasteiger partial charge in [0.1, 0.15) is 17.2 Å². The number of carboxylic acids is 1. The molecule has 1 aliphatic rings. The third-order valence-corrected chi connectivity index (χ3v) is 8.80. The van der Waals surface area contributed by atoms with Crippen LogP contribution in [0.15, 0.2) is 42.5 Å². The first-order valence-corrected chi connectivity index (χ1v) is 15.2. The number of rotatable bonds is 17. The Bertz CT molecular complexity index is 1170. The molecule has 0 bridgehead atoms. The molecule has 5 nitrogen and oxygen atoms in total. The summed E-state index contributed by atoms with van der Waals surface area (Å²) >= 11 is 0. The van der Waals surface area contributed by atoms with E-state index in [0.29, 0.717) is 18.8 Å². The van der Waals surface area contributed by atoms with Gasteiger partial charge in [0.2, 0.25) is 0 Å². The maximum atomic E-state index is 13.1. The highest BCUT2D eigenvalue weighted by molar-refractivity contribution is 5.69. The molecule has 3 unspecified atom stereocenters. The van der Waals surface area contributed by atoms with Gasteiger partial charge in [-0.2, -0.15) is 22.0 Å². The third kappa shape index (κ3) is 9.47. The first kappa shape index (κ1) is 34.5. The van der Waals surface area contributed by atoms with Crippen molar-refractivity contribution in [3.05, 3.63) is 53.6 Å². The average Bonchev–Trinajstić information content (AvgIpc) is 2.93. The van der Waals surface area contributed by atoms with Crippen LogP contribution in [0.4, 0.5) is 22.0 Å². The summed E-state index contributed by atoms with van der Waals surface area (Å²) in [4.78, 5) is 11.4. The van der Waals surface area contributed by atoms with Crippen LogP contribution in [0.25, 0.3) is 0 Å². The lowest BCUT2D eigenvalue weighted by atomic mass is 9.66. The molecule has 0 spiro atoms. The van der Waals surface area contributed by atoms with Crippen LogP contribution in [-0.2, 0) is 10.2 Å². The van der Waals surface area contributed by atoms with Crippen LogP contribution in [0, 0.1) is 5.92 Å². The predicted molar refractivity (Wildman–Crippen MR) is 154 cm³/mol. The fraction of sp³-hybridized carbons (Fsp3) is 0.606. The minimum Gasteiger partial charge on any atom is -0.508 e. The molecule has 2 aromatic carbocycles. The Labute approximate surface area is 250 Å². The van der Waals surface area contributed by atoms with E-state index < -0.39 is 36.8 Å². The van der Waals surface area contributed by atoms with Gasteiger partial charge < -0.3 is 20.1 Å². The van der Waals surface area contributed by atoms with Crippen molar-refractivity contribution in [1.29, 1.82) is 0 Å². The van der Waals surface area contributed by atoms with Gasteiger partial charge in [0, 0.05) is 23.8 Å². The van der Waals surface area contributed by atoms with Crippen molar-refractivity contribution in [2.75, 3.05) is 6.61 Å². The monoisotopic (exact) mass is 614 g/mol. The van der Waals surface area contributed by atoms with Gasteiger partial charge in [-0.25, -0.2) is 0 Å². The summed E-state index contributed by atoms with van der Waals surface area (Å²) in [6, 6.07) is 12.5. The molecular weight excluding hydrogens is 571 g/mol. The molecule has 43 heavy (non-hydrogen) atoms. The number of benzene rings is 2. The maximum Gasteiger partial charge on any atom is 0.453 e. The van der Waals surface area contributed by atoms with Crippen molar-refractivity contribution >= 4 is 5.97 Å². The van der Waals surface area contributed by atoms with E-state index in [-0.39, 0.29) is 35.7 Å². The second-order valence-corrected chi connectivity index (χ2v) is 12.1. The number of hydrogen-bond acceptors (Lipinski definition) is 4. The number of aromatic hydroxyl groups is 2. The van der Waals surface area contributed by atoms with Crippen LogP contribution in [0.3, 0.4) is 0 Å². The van der Waals surface area contributed by atoms with Crippen LogP contribution in [0.1, 0.15) is 107 Å². The van der Waals surface area contributed by atoms with Crippen molar-refractivity contribution < 1.29 is 46.8 Å². The van der Waals surface area contributed by atoms with E-state index >= 15 is 0 Å². The van der Waals surface area contributed by atoms with E-state index in [2.05, 4.69) is 6.92 Å². The molecule has 3 rings (SSSR count). The van der Waals surface area contributed by atoms with E-state index in [4.69, 9.17) is 4.74 Å². The number of halogens is 5. The predicted octanol–water partition coefficient (Wildman–Crippen LogP) is 9.50. The van der Waals surface area contributed by atoms with Gasteiger partial charge in [-0.3, -0.25) is 4.79 Å². The van der Waals surface area contributed by atoms with E-state index in [1.807, 2.05) is 18.2 Å². The van der Waals surface area contributed by atoms with E-state index in [0.717, 1.165) is 62.5 Å². The van der Waals surface area contributed by atoms with Gasteiger partial charge >= 0.3 is 18.1 Å².